The second kappa shape index (κ2) is 5.17. The maximum atomic E-state index is 11.9. The van der Waals surface area contributed by atoms with Crippen LogP contribution in [0.15, 0.2) is 18.2 Å². The number of hydrogen-bond acceptors (Lipinski definition) is 1. The molecule has 1 aromatic carbocycles. The van der Waals surface area contributed by atoms with Crippen LogP contribution in [0.4, 0.5) is 5.69 Å². The molecule has 2 nitrogen and oxygen atoms in total. The van der Waals surface area contributed by atoms with Gasteiger partial charge in [0.05, 0.1) is 0 Å². The Kier molecular flexibility index (Phi) is 4.35. The fourth-order valence-electron chi connectivity index (χ4n) is 1.29. The van der Waals surface area contributed by atoms with E-state index in [9.17, 15) is 4.79 Å². The van der Waals surface area contributed by atoms with Crippen molar-refractivity contribution >= 4 is 34.2 Å². The van der Waals surface area contributed by atoms with Crippen molar-refractivity contribution in [2.75, 3.05) is 5.32 Å². The van der Waals surface area contributed by atoms with Crippen molar-refractivity contribution in [2.24, 2.45) is 5.41 Å². The van der Waals surface area contributed by atoms with Crippen molar-refractivity contribution in [3.63, 3.8) is 0 Å². The third-order valence-electron chi connectivity index (χ3n) is 2.38. The summed E-state index contributed by atoms with van der Waals surface area (Å²) in [5, 5.41) is 2.99. The SMILES string of the molecule is CCc1cc(I)ccc1NC(=O)C(C)(C)C. The van der Waals surface area contributed by atoms with E-state index in [1.807, 2.05) is 32.9 Å². The van der Waals surface area contributed by atoms with Gasteiger partial charge in [0.1, 0.15) is 0 Å². The number of aryl methyl sites for hydroxylation is 1. The number of halogens is 1. The monoisotopic (exact) mass is 331 g/mol. The highest BCUT2D eigenvalue weighted by Gasteiger charge is 2.21. The van der Waals surface area contributed by atoms with Gasteiger partial charge in [-0.1, -0.05) is 27.7 Å². The number of anilines is 1. The maximum Gasteiger partial charge on any atom is 0.229 e. The van der Waals surface area contributed by atoms with E-state index in [4.69, 9.17) is 0 Å². The van der Waals surface area contributed by atoms with Crippen LogP contribution in [-0.2, 0) is 11.2 Å². The summed E-state index contributed by atoms with van der Waals surface area (Å²) in [4.78, 5) is 11.9. The average Bonchev–Trinajstić information content (AvgIpc) is 2.19. The van der Waals surface area contributed by atoms with E-state index in [0.717, 1.165) is 12.1 Å². The van der Waals surface area contributed by atoms with E-state index in [1.54, 1.807) is 0 Å². The quantitative estimate of drug-likeness (QED) is 0.820. The van der Waals surface area contributed by atoms with Crippen LogP contribution in [0.1, 0.15) is 33.3 Å². The number of benzene rings is 1. The second-order valence-electron chi connectivity index (χ2n) is 4.86. The first-order chi connectivity index (χ1) is 7.34. The fraction of sp³-hybridized carbons (Fsp3) is 0.462. The van der Waals surface area contributed by atoms with Gasteiger partial charge in [-0.05, 0) is 52.8 Å². The van der Waals surface area contributed by atoms with Gasteiger partial charge >= 0.3 is 0 Å². The van der Waals surface area contributed by atoms with Crippen LogP contribution < -0.4 is 5.32 Å². The molecule has 0 saturated heterocycles. The summed E-state index contributed by atoms with van der Waals surface area (Å²) in [6.07, 6.45) is 0.927. The molecule has 0 heterocycles. The summed E-state index contributed by atoms with van der Waals surface area (Å²) in [6, 6.07) is 6.10. The van der Waals surface area contributed by atoms with Crippen LogP contribution >= 0.6 is 22.6 Å². The summed E-state index contributed by atoms with van der Waals surface area (Å²) in [7, 11) is 0. The molecule has 0 aliphatic carbocycles. The minimum Gasteiger partial charge on any atom is -0.325 e. The molecular formula is C13H18INO. The first-order valence-corrected chi connectivity index (χ1v) is 6.52. The molecule has 3 heteroatoms. The third-order valence-corrected chi connectivity index (χ3v) is 3.05. The van der Waals surface area contributed by atoms with Crippen molar-refractivity contribution < 1.29 is 4.79 Å². The van der Waals surface area contributed by atoms with Crippen molar-refractivity contribution in [1.82, 2.24) is 0 Å². The number of nitrogens with one attached hydrogen (secondary N) is 1. The van der Waals surface area contributed by atoms with Crippen molar-refractivity contribution in [2.45, 2.75) is 34.1 Å². The molecule has 0 saturated carbocycles. The molecule has 0 radical (unpaired) electrons. The molecular weight excluding hydrogens is 313 g/mol. The first kappa shape index (κ1) is 13.5. The average molecular weight is 331 g/mol. The van der Waals surface area contributed by atoms with E-state index in [1.165, 1.54) is 9.13 Å². The topological polar surface area (TPSA) is 29.1 Å². The highest BCUT2D eigenvalue weighted by atomic mass is 127. The number of carbonyl (C=O) groups is 1. The Hall–Kier alpha value is -0.580. The van der Waals surface area contributed by atoms with Crippen LogP contribution in [0.2, 0.25) is 0 Å². The van der Waals surface area contributed by atoms with Crippen LogP contribution in [0.5, 0.6) is 0 Å². The third kappa shape index (κ3) is 3.47. The second-order valence-corrected chi connectivity index (χ2v) is 6.10. The molecule has 0 spiro atoms. The van der Waals surface area contributed by atoms with Gasteiger partial charge < -0.3 is 5.32 Å². The zero-order valence-corrected chi connectivity index (χ0v) is 12.4. The van der Waals surface area contributed by atoms with Gasteiger partial charge in [0.2, 0.25) is 5.91 Å². The molecule has 1 N–H and O–H groups in total. The minimum absolute atomic E-state index is 0.0587. The molecule has 1 rings (SSSR count). The maximum absolute atomic E-state index is 11.9. The predicted molar refractivity (Wildman–Crippen MR) is 76.6 cm³/mol. The molecule has 0 aromatic heterocycles. The lowest BCUT2D eigenvalue weighted by molar-refractivity contribution is -0.123. The summed E-state index contributed by atoms with van der Waals surface area (Å²) in [5.41, 5.74) is 1.76. The summed E-state index contributed by atoms with van der Waals surface area (Å²) < 4.78 is 1.20. The van der Waals surface area contributed by atoms with E-state index in [2.05, 4.69) is 40.9 Å². The van der Waals surface area contributed by atoms with Gasteiger partial charge in [-0.2, -0.15) is 0 Å². The summed E-state index contributed by atoms with van der Waals surface area (Å²) >= 11 is 2.28. The van der Waals surface area contributed by atoms with Gasteiger partial charge in [-0.15, -0.1) is 0 Å². The first-order valence-electron chi connectivity index (χ1n) is 5.44. The highest BCUT2D eigenvalue weighted by Crippen LogP contribution is 2.22. The van der Waals surface area contributed by atoms with Gasteiger partial charge in [0.25, 0.3) is 0 Å². The van der Waals surface area contributed by atoms with Gasteiger partial charge in [0.15, 0.2) is 0 Å². The zero-order chi connectivity index (χ0) is 12.3. The summed E-state index contributed by atoms with van der Waals surface area (Å²) in [6.45, 7) is 7.85. The van der Waals surface area contributed by atoms with Gasteiger partial charge in [0, 0.05) is 14.7 Å². The van der Waals surface area contributed by atoms with Crippen LogP contribution in [-0.4, -0.2) is 5.91 Å². The molecule has 0 aliphatic rings. The lowest BCUT2D eigenvalue weighted by Gasteiger charge is -2.19. The van der Waals surface area contributed by atoms with E-state index < -0.39 is 0 Å². The number of rotatable bonds is 2. The Morgan fingerprint density at radius 2 is 2.00 bits per heavy atom. The smallest absolute Gasteiger partial charge is 0.229 e. The number of amides is 1. The van der Waals surface area contributed by atoms with Crippen LogP contribution in [0.3, 0.4) is 0 Å². The van der Waals surface area contributed by atoms with Crippen LogP contribution in [0.25, 0.3) is 0 Å². The van der Waals surface area contributed by atoms with Crippen LogP contribution in [0, 0.1) is 8.99 Å². The predicted octanol–water partition coefficient (Wildman–Crippen LogP) is 3.84. The normalized spacial score (nSPS) is 11.3. The van der Waals surface area contributed by atoms with Gasteiger partial charge in [-0.25, -0.2) is 0 Å². The zero-order valence-electron chi connectivity index (χ0n) is 10.2. The molecule has 88 valence electrons. The molecule has 0 bridgehead atoms. The largest absolute Gasteiger partial charge is 0.325 e. The Labute approximate surface area is 111 Å². The molecule has 0 fully saturated rings. The Morgan fingerprint density at radius 3 is 2.50 bits per heavy atom. The van der Waals surface area contributed by atoms with E-state index in [0.29, 0.717) is 0 Å². The number of hydrogen-bond donors (Lipinski definition) is 1. The molecule has 1 aromatic rings. The molecule has 0 aliphatic heterocycles. The lowest BCUT2D eigenvalue weighted by atomic mass is 9.95. The van der Waals surface area contributed by atoms with Crippen molar-refractivity contribution in [1.29, 1.82) is 0 Å². The molecule has 1 amide bonds. The van der Waals surface area contributed by atoms with Crippen molar-refractivity contribution in [3.05, 3.63) is 27.3 Å². The highest BCUT2D eigenvalue weighted by molar-refractivity contribution is 14.1. The Bertz CT molecular complexity index is 393. The lowest BCUT2D eigenvalue weighted by Crippen LogP contribution is -2.28. The van der Waals surface area contributed by atoms with Crippen molar-refractivity contribution in [3.8, 4) is 0 Å². The Morgan fingerprint density at radius 1 is 1.38 bits per heavy atom. The molecule has 16 heavy (non-hydrogen) atoms. The van der Waals surface area contributed by atoms with Gasteiger partial charge in [-0.3, -0.25) is 4.79 Å². The fourth-order valence-corrected chi connectivity index (χ4v) is 1.84. The number of carbonyl (C=O) groups excluding carboxylic acids is 1. The molecule has 0 atom stereocenters. The Balaban J connectivity index is 2.93. The standard InChI is InChI=1S/C13H18INO/c1-5-9-8-10(14)6-7-11(9)15-12(16)13(2,3)4/h6-8H,5H2,1-4H3,(H,15,16). The van der Waals surface area contributed by atoms with E-state index in [-0.39, 0.29) is 11.3 Å². The molecule has 0 unspecified atom stereocenters. The minimum atomic E-state index is -0.353. The van der Waals surface area contributed by atoms with E-state index >= 15 is 0 Å². The summed E-state index contributed by atoms with van der Waals surface area (Å²) in [5.74, 6) is 0.0587.